The van der Waals surface area contributed by atoms with Gasteiger partial charge in [0.1, 0.15) is 18.4 Å². The molecule has 2 aromatic heterocycles. The topological polar surface area (TPSA) is 285 Å². The molecule has 3 aromatic rings. The number of aromatic nitrogens is 4. The van der Waals surface area contributed by atoms with E-state index in [4.69, 9.17) is 29.5 Å². The van der Waals surface area contributed by atoms with E-state index in [1.807, 2.05) is 13.2 Å². The van der Waals surface area contributed by atoms with Crippen molar-refractivity contribution in [3.05, 3.63) is 52.1 Å². The predicted molar refractivity (Wildman–Crippen MR) is 156 cm³/mol. The smallest absolute Gasteiger partial charge is 0.456 e. The highest BCUT2D eigenvalue weighted by atomic mass is 33.1. The lowest BCUT2D eigenvalue weighted by Gasteiger charge is -2.22. The monoisotopic (exact) mass is 717 g/mol. The van der Waals surface area contributed by atoms with E-state index in [9.17, 15) is 33.1 Å². The van der Waals surface area contributed by atoms with Crippen molar-refractivity contribution in [1.82, 2.24) is 19.5 Å². The van der Waals surface area contributed by atoms with E-state index in [0.29, 0.717) is 5.56 Å². The zero-order valence-corrected chi connectivity index (χ0v) is 26.9. The van der Waals surface area contributed by atoms with E-state index in [1.165, 1.54) is 32.5 Å². The number of H-pyrrole nitrogens is 1. The molecule has 0 bridgehead atoms. The summed E-state index contributed by atoms with van der Waals surface area (Å²) in [7, 11) is -13.9. The number of hydrogen-bond acceptors (Lipinski definition) is 15. The summed E-state index contributed by atoms with van der Waals surface area (Å²) in [4.78, 5) is 72.8. The zero-order valence-electron chi connectivity index (χ0n) is 22.6. The molecule has 0 spiro atoms. The maximum Gasteiger partial charge on any atom is 0.490 e. The van der Waals surface area contributed by atoms with Gasteiger partial charge in [-0.1, -0.05) is 39.8 Å². The fourth-order valence-corrected chi connectivity index (χ4v) is 9.01. The number of aromatic amines is 1. The van der Waals surface area contributed by atoms with Crippen LogP contribution in [-0.4, -0.2) is 70.1 Å². The van der Waals surface area contributed by atoms with Crippen LogP contribution in [0, 0.1) is 0 Å². The van der Waals surface area contributed by atoms with Gasteiger partial charge in [-0.25, -0.2) is 23.5 Å². The van der Waals surface area contributed by atoms with E-state index in [-0.39, 0.29) is 34.3 Å². The highest BCUT2D eigenvalue weighted by Gasteiger charge is 2.44. The molecule has 44 heavy (non-hydrogen) atoms. The Morgan fingerprint density at radius 1 is 1.20 bits per heavy atom. The summed E-state index contributed by atoms with van der Waals surface area (Å²) in [5.74, 6) is -0.982. The lowest BCUT2D eigenvalue weighted by Crippen LogP contribution is -2.31. The Morgan fingerprint density at radius 3 is 2.59 bits per heavy atom. The first-order chi connectivity index (χ1) is 20.5. The van der Waals surface area contributed by atoms with Crippen LogP contribution in [0.1, 0.15) is 40.7 Å². The third-order valence-corrected chi connectivity index (χ3v) is 11.9. The molecule has 0 saturated carbocycles. The van der Waals surface area contributed by atoms with Crippen molar-refractivity contribution < 1.29 is 60.7 Å². The number of benzene rings is 1. The summed E-state index contributed by atoms with van der Waals surface area (Å²) >= 11 is 0. The first-order valence-corrected chi connectivity index (χ1v) is 19.3. The third-order valence-electron chi connectivity index (χ3n) is 5.88. The van der Waals surface area contributed by atoms with Crippen molar-refractivity contribution in [3.63, 3.8) is 0 Å². The molecule has 1 aliphatic rings. The minimum atomic E-state index is -5.78. The third kappa shape index (κ3) is 8.79. The molecule has 6 atom stereocenters. The van der Waals surface area contributed by atoms with E-state index < -0.39 is 60.0 Å². The predicted octanol–water partition coefficient (Wildman–Crippen LogP) is 2.63. The quantitative estimate of drug-likeness (QED) is 0.0841. The zero-order chi connectivity index (χ0) is 32.4. The van der Waals surface area contributed by atoms with Crippen molar-refractivity contribution >= 4 is 68.1 Å². The minimum Gasteiger partial charge on any atom is -0.456 e. The molecule has 24 heteroatoms. The highest BCUT2D eigenvalue weighted by Crippen LogP contribution is 2.66. The Morgan fingerprint density at radius 2 is 1.91 bits per heavy atom. The number of nitrogen functional groups attached to an aromatic ring is 1. The van der Waals surface area contributed by atoms with Crippen LogP contribution in [-0.2, 0) is 36.3 Å². The summed E-state index contributed by atoms with van der Waals surface area (Å²) in [5.41, 5.74) is 5.88. The second kappa shape index (κ2) is 13.7. The van der Waals surface area contributed by atoms with Gasteiger partial charge in [0.15, 0.2) is 11.2 Å². The molecule has 1 aromatic carbocycles. The SMILES string of the molecule is CSSC(C)c1ccccc1C(=O)O[C@@H]1C[C@H](n2cnc3c(=O)[nH]c(N)nc32)OC1COP(=O)(O)OP(=O)(O)OP(=O)(O)O. The number of phosphoric acid groups is 3. The number of nitrogens with one attached hydrogen (secondary N) is 1. The van der Waals surface area contributed by atoms with Gasteiger partial charge in [-0.05, 0) is 24.8 Å². The Hall–Kier alpha value is -2.09. The van der Waals surface area contributed by atoms with Gasteiger partial charge >= 0.3 is 29.4 Å². The fourth-order valence-electron chi connectivity index (χ4n) is 4.20. The molecule has 0 radical (unpaired) electrons. The standard InChI is InChI=1S/C20H26N5O14P3S2/c1-10(44-43-2)11-5-3-4-6-12(11)19(27)37-13-7-15(25-9-22-16-17(25)23-20(21)24-18(16)26)36-14(13)8-35-41(31,32)39-42(33,34)38-40(28,29)30/h3-6,9-10,13-15H,7-8H2,1-2H3,(H,31,32)(H,33,34)(H2,28,29,30)(H3,21,23,24,26)/t10?,13-,14?,15-/m1/s1. The lowest BCUT2D eigenvalue weighted by atomic mass is 10.0. The summed E-state index contributed by atoms with van der Waals surface area (Å²) in [6, 6.07) is 6.72. The van der Waals surface area contributed by atoms with E-state index >= 15 is 0 Å². The Kier molecular flexibility index (Phi) is 10.8. The number of anilines is 1. The molecule has 7 N–H and O–H groups in total. The number of nitrogens with zero attached hydrogens (tertiary/aromatic N) is 3. The summed E-state index contributed by atoms with van der Waals surface area (Å²) in [5, 5.41) is -0.102. The van der Waals surface area contributed by atoms with Gasteiger partial charge in [-0.2, -0.15) is 13.6 Å². The van der Waals surface area contributed by atoms with Gasteiger partial charge in [0.2, 0.25) is 5.95 Å². The molecule has 1 fully saturated rings. The van der Waals surface area contributed by atoms with Crippen LogP contribution < -0.4 is 11.3 Å². The number of carbonyl (C=O) groups excluding carboxylic acids is 1. The molecule has 1 saturated heterocycles. The molecule has 3 heterocycles. The number of fused-ring (bicyclic) bond motifs is 1. The number of carbonyl (C=O) groups is 1. The van der Waals surface area contributed by atoms with Gasteiger partial charge in [0.25, 0.3) is 5.56 Å². The summed E-state index contributed by atoms with van der Waals surface area (Å²) < 4.78 is 60.2. The maximum absolute atomic E-state index is 13.4. The van der Waals surface area contributed by atoms with Crippen LogP contribution >= 0.6 is 45.1 Å². The largest absolute Gasteiger partial charge is 0.490 e. The molecular formula is C20H26N5O14P3S2. The molecule has 4 rings (SSSR count). The van der Waals surface area contributed by atoms with Crippen LogP contribution in [0.25, 0.3) is 11.2 Å². The molecule has 19 nitrogen and oxygen atoms in total. The van der Waals surface area contributed by atoms with Crippen LogP contribution in [0.4, 0.5) is 5.95 Å². The van der Waals surface area contributed by atoms with Crippen molar-refractivity contribution in [3.8, 4) is 0 Å². The van der Waals surface area contributed by atoms with Gasteiger partial charge in [0, 0.05) is 11.7 Å². The average Bonchev–Trinajstić information content (AvgIpc) is 3.49. The van der Waals surface area contributed by atoms with Crippen molar-refractivity contribution in [2.75, 3.05) is 18.6 Å². The van der Waals surface area contributed by atoms with Crippen molar-refractivity contribution in [2.24, 2.45) is 0 Å². The van der Waals surface area contributed by atoms with E-state index in [2.05, 4.69) is 23.6 Å². The number of nitrogens with two attached hydrogens (primary N) is 1. The van der Waals surface area contributed by atoms with Gasteiger partial charge < -0.3 is 34.8 Å². The van der Waals surface area contributed by atoms with Crippen molar-refractivity contribution in [1.29, 1.82) is 0 Å². The highest BCUT2D eigenvalue weighted by molar-refractivity contribution is 8.76. The second-order valence-electron chi connectivity index (χ2n) is 8.96. The normalized spacial score (nSPS) is 22.4. The van der Waals surface area contributed by atoms with Crippen LogP contribution in [0.3, 0.4) is 0 Å². The molecule has 4 unspecified atom stereocenters. The maximum atomic E-state index is 13.4. The average molecular weight is 718 g/mol. The lowest BCUT2D eigenvalue weighted by molar-refractivity contribution is -0.0490. The summed E-state index contributed by atoms with van der Waals surface area (Å²) in [6.45, 7) is 0.999. The van der Waals surface area contributed by atoms with Crippen LogP contribution in [0.2, 0.25) is 0 Å². The Bertz CT molecular complexity index is 1730. The molecular weight excluding hydrogens is 691 g/mol. The van der Waals surface area contributed by atoms with Gasteiger partial charge in [0.05, 0.1) is 18.5 Å². The molecule has 0 aliphatic carbocycles. The molecule has 242 valence electrons. The number of ether oxygens (including phenoxy) is 2. The van der Waals surface area contributed by atoms with Crippen LogP contribution in [0.15, 0.2) is 35.4 Å². The number of phosphoric ester groups is 1. The van der Waals surface area contributed by atoms with E-state index in [0.717, 1.165) is 0 Å². The number of esters is 1. The number of hydrogen-bond donors (Lipinski definition) is 6. The number of rotatable bonds is 13. The van der Waals surface area contributed by atoms with Gasteiger partial charge in [-0.15, -0.1) is 0 Å². The number of imidazole rings is 1. The van der Waals surface area contributed by atoms with Crippen LogP contribution in [0.5, 0.6) is 0 Å². The summed E-state index contributed by atoms with van der Waals surface area (Å²) in [6.07, 6.45) is -0.577. The van der Waals surface area contributed by atoms with Gasteiger partial charge in [-0.3, -0.25) is 18.9 Å². The Labute approximate surface area is 255 Å². The Balaban J connectivity index is 1.60. The van der Waals surface area contributed by atoms with E-state index in [1.54, 1.807) is 24.3 Å². The first-order valence-electron chi connectivity index (χ1n) is 12.1. The fraction of sp³-hybridized carbons (Fsp3) is 0.400. The first kappa shape index (κ1) is 34.8. The molecule has 1 aliphatic heterocycles. The van der Waals surface area contributed by atoms with Crippen molar-refractivity contribution in [2.45, 2.75) is 37.0 Å². The second-order valence-corrected chi connectivity index (χ2v) is 16.2. The molecule has 0 amide bonds. The minimum absolute atomic E-state index is 0.0168.